The van der Waals surface area contributed by atoms with Crippen LogP contribution in [-0.4, -0.2) is 98.3 Å². The van der Waals surface area contributed by atoms with Gasteiger partial charge in [0, 0.05) is 0 Å². The summed E-state index contributed by atoms with van der Waals surface area (Å²) in [6.07, 6.45) is 3.49. The van der Waals surface area contributed by atoms with Gasteiger partial charge in [-0.2, -0.15) is 16.8 Å². The Hall–Kier alpha value is -0.140. The molecule has 0 aliphatic heterocycles. The summed E-state index contributed by atoms with van der Waals surface area (Å²) in [5, 5.41) is 0. The molecule has 2 aromatic carbocycles. The standard InChI is InChI=1S/C18H22O8S2.2Na.2H/c19-27(20,21)17-9-5-15(6-10-17)25-13-3-1-2-4-14-26-16-7-11-18(12-8-16)28(22,23)24;;;;/h5-12H,1-4,13-14H2,(H,19,20,21)(H,22,23,24);;;;. The fourth-order valence-corrected chi connectivity index (χ4v) is 3.31. The Bertz CT molecular complexity index is 879. The van der Waals surface area contributed by atoms with Gasteiger partial charge in [-0.3, -0.25) is 9.11 Å². The number of ether oxygens (including phenoxy) is 2. The van der Waals surface area contributed by atoms with Crippen molar-refractivity contribution in [2.45, 2.75) is 35.5 Å². The fraction of sp³-hybridized carbons (Fsp3) is 0.333. The number of unbranched alkanes of at least 4 members (excludes halogenated alkanes) is 3. The molecule has 0 radical (unpaired) electrons. The average Bonchev–Trinajstić information content (AvgIpc) is 2.63. The van der Waals surface area contributed by atoms with Gasteiger partial charge < -0.3 is 9.47 Å². The number of rotatable bonds is 11. The minimum absolute atomic E-state index is 0. The van der Waals surface area contributed by atoms with Crippen LogP contribution in [-0.2, 0) is 20.2 Å². The van der Waals surface area contributed by atoms with Gasteiger partial charge in [-0.05, 0) is 74.2 Å². The Kier molecular flexibility index (Phi) is 14.0. The summed E-state index contributed by atoms with van der Waals surface area (Å²) in [7, 11) is -8.38. The molecule has 0 heterocycles. The van der Waals surface area contributed by atoms with E-state index in [2.05, 4.69) is 0 Å². The third-order valence-corrected chi connectivity index (χ3v) is 5.56. The van der Waals surface area contributed by atoms with Crippen LogP contribution >= 0.6 is 0 Å². The molecule has 0 aliphatic carbocycles. The molecule has 2 rings (SSSR count). The van der Waals surface area contributed by atoms with Gasteiger partial charge in [-0.15, -0.1) is 0 Å². The predicted octanol–water partition coefficient (Wildman–Crippen LogP) is 1.90. The van der Waals surface area contributed by atoms with E-state index in [0.29, 0.717) is 24.7 Å². The first-order valence-corrected chi connectivity index (χ1v) is 11.4. The Labute approximate surface area is 221 Å². The van der Waals surface area contributed by atoms with E-state index in [9.17, 15) is 16.8 Å². The Morgan fingerprint density at radius 1 is 0.567 bits per heavy atom. The molecule has 30 heavy (non-hydrogen) atoms. The molecule has 0 saturated carbocycles. The normalized spacial score (nSPS) is 11.1. The van der Waals surface area contributed by atoms with Crippen molar-refractivity contribution < 1.29 is 35.4 Å². The molecule has 2 N–H and O–H groups in total. The van der Waals surface area contributed by atoms with Gasteiger partial charge in [-0.1, -0.05) is 0 Å². The summed E-state index contributed by atoms with van der Waals surface area (Å²) in [6, 6.07) is 11.1. The second-order valence-corrected chi connectivity index (χ2v) is 8.85. The molecule has 0 spiro atoms. The Morgan fingerprint density at radius 2 is 0.867 bits per heavy atom. The van der Waals surface area contributed by atoms with Crippen LogP contribution in [0.5, 0.6) is 11.5 Å². The summed E-state index contributed by atoms with van der Waals surface area (Å²) in [5.74, 6) is 1.06. The Balaban J connectivity index is 0.00000420. The van der Waals surface area contributed by atoms with E-state index in [1.54, 1.807) is 0 Å². The van der Waals surface area contributed by atoms with Gasteiger partial charge in [0.15, 0.2) is 0 Å². The van der Waals surface area contributed by atoms with Gasteiger partial charge in [0.1, 0.15) is 11.5 Å². The molecule has 2 aromatic rings. The van der Waals surface area contributed by atoms with Crippen LogP contribution in [0.2, 0.25) is 0 Å². The molecule has 12 heteroatoms. The fourth-order valence-electron chi connectivity index (χ4n) is 2.35. The van der Waals surface area contributed by atoms with Crippen molar-refractivity contribution in [3.63, 3.8) is 0 Å². The molecule has 0 fully saturated rings. The SMILES string of the molecule is O=S(=O)(O)c1ccc(OCCCCCCOc2ccc(S(=O)(=O)O)cc2)cc1.[NaH].[NaH]. The van der Waals surface area contributed by atoms with Crippen LogP contribution in [0.4, 0.5) is 0 Å². The topological polar surface area (TPSA) is 127 Å². The maximum absolute atomic E-state index is 10.9. The van der Waals surface area contributed by atoms with Crippen LogP contribution in [0, 0.1) is 0 Å². The van der Waals surface area contributed by atoms with E-state index >= 15 is 0 Å². The predicted molar refractivity (Wildman–Crippen MR) is 116 cm³/mol. The molecular formula is C18H24Na2O8S2. The molecule has 0 aromatic heterocycles. The maximum atomic E-state index is 10.9. The molecule has 158 valence electrons. The zero-order valence-corrected chi connectivity index (χ0v) is 16.7. The molecule has 0 bridgehead atoms. The van der Waals surface area contributed by atoms with Crippen LogP contribution in [0.3, 0.4) is 0 Å². The van der Waals surface area contributed by atoms with Crippen LogP contribution in [0.25, 0.3) is 0 Å². The van der Waals surface area contributed by atoms with Crippen molar-refractivity contribution in [3.05, 3.63) is 48.5 Å². The minimum atomic E-state index is -4.19. The zero-order chi connectivity index (χ0) is 20.6. The van der Waals surface area contributed by atoms with Crippen molar-refractivity contribution >= 4 is 79.4 Å². The van der Waals surface area contributed by atoms with Gasteiger partial charge in [0.2, 0.25) is 0 Å². The molecule has 0 amide bonds. The van der Waals surface area contributed by atoms with E-state index in [1.165, 1.54) is 48.5 Å². The van der Waals surface area contributed by atoms with Crippen molar-refractivity contribution in [2.75, 3.05) is 13.2 Å². The summed E-state index contributed by atoms with van der Waals surface area (Å²) >= 11 is 0. The van der Waals surface area contributed by atoms with Crippen LogP contribution in [0.1, 0.15) is 25.7 Å². The van der Waals surface area contributed by atoms with Crippen LogP contribution < -0.4 is 9.47 Å². The second kappa shape index (κ2) is 14.1. The monoisotopic (exact) mass is 478 g/mol. The summed E-state index contributed by atoms with van der Waals surface area (Å²) < 4.78 is 72.6. The van der Waals surface area contributed by atoms with E-state index < -0.39 is 20.2 Å². The van der Waals surface area contributed by atoms with Crippen LogP contribution in [0.15, 0.2) is 58.3 Å². The van der Waals surface area contributed by atoms with Gasteiger partial charge in [0.25, 0.3) is 20.2 Å². The molecule has 0 aliphatic rings. The van der Waals surface area contributed by atoms with Crippen molar-refractivity contribution in [1.82, 2.24) is 0 Å². The van der Waals surface area contributed by atoms with Crippen molar-refractivity contribution in [3.8, 4) is 11.5 Å². The first-order chi connectivity index (χ1) is 13.2. The molecule has 8 nitrogen and oxygen atoms in total. The number of hydrogen-bond donors (Lipinski definition) is 2. The molecule has 0 unspecified atom stereocenters. The van der Waals surface area contributed by atoms with Gasteiger partial charge in [0.05, 0.1) is 23.0 Å². The van der Waals surface area contributed by atoms with E-state index in [1.807, 2.05) is 0 Å². The first kappa shape index (κ1) is 29.9. The summed E-state index contributed by atoms with van der Waals surface area (Å²) in [5.41, 5.74) is 0. The molecular weight excluding hydrogens is 454 g/mol. The summed E-state index contributed by atoms with van der Waals surface area (Å²) in [6.45, 7) is 0.979. The quantitative estimate of drug-likeness (QED) is 0.285. The van der Waals surface area contributed by atoms with Gasteiger partial charge in [-0.25, -0.2) is 0 Å². The van der Waals surface area contributed by atoms with E-state index in [-0.39, 0.29) is 68.9 Å². The summed E-state index contributed by atoms with van der Waals surface area (Å²) in [4.78, 5) is -0.347. The third kappa shape index (κ3) is 10.9. The number of hydrogen-bond acceptors (Lipinski definition) is 6. The van der Waals surface area contributed by atoms with Crippen molar-refractivity contribution in [1.29, 1.82) is 0 Å². The molecule has 0 saturated heterocycles. The van der Waals surface area contributed by atoms with E-state index in [0.717, 1.165) is 25.7 Å². The number of benzene rings is 2. The Morgan fingerprint density at radius 3 is 1.13 bits per heavy atom. The second-order valence-electron chi connectivity index (χ2n) is 6.00. The van der Waals surface area contributed by atoms with Crippen molar-refractivity contribution in [2.24, 2.45) is 0 Å². The molecule has 0 atom stereocenters. The van der Waals surface area contributed by atoms with Gasteiger partial charge >= 0.3 is 59.1 Å². The first-order valence-electron chi connectivity index (χ1n) is 8.57. The van der Waals surface area contributed by atoms with E-state index in [4.69, 9.17) is 18.6 Å². The average molecular weight is 478 g/mol. The third-order valence-electron chi connectivity index (χ3n) is 3.82. The zero-order valence-electron chi connectivity index (χ0n) is 15.0.